The second-order valence-electron chi connectivity index (χ2n) is 8.93. The molecule has 1 aliphatic heterocycles. The number of rotatable bonds is 3. The van der Waals surface area contributed by atoms with Gasteiger partial charge in [0.2, 0.25) is 0 Å². The summed E-state index contributed by atoms with van der Waals surface area (Å²) >= 11 is 0. The summed E-state index contributed by atoms with van der Waals surface area (Å²) in [5.41, 5.74) is 6.56. The third kappa shape index (κ3) is 3.89. The van der Waals surface area contributed by atoms with Gasteiger partial charge in [-0.15, -0.1) is 0 Å². The van der Waals surface area contributed by atoms with E-state index in [1.807, 2.05) is 0 Å². The van der Waals surface area contributed by atoms with Crippen molar-refractivity contribution >= 4 is 13.1 Å². The molecule has 3 N–H and O–H groups in total. The minimum atomic E-state index is -5.08. The molecule has 4 rings (SSSR count). The lowest BCUT2D eigenvalue weighted by Crippen LogP contribution is -2.65. The van der Waals surface area contributed by atoms with Gasteiger partial charge in [0.05, 0.1) is 11.7 Å². The lowest BCUT2D eigenvalue weighted by atomic mass is 9.43. The molecule has 0 radical (unpaired) electrons. The zero-order valence-electron chi connectivity index (χ0n) is 16.0. The van der Waals surface area contributed by atoms with E-state index in [4.69, 9.17) is 24.9 Å². The van der Waals surface area contributed by atoms with Crippen LogP contribution in [-0.4, -0.2) is 42.0 Å². The van der Waals surface area contributed by atoms with Crippen molar-refractivity contribution in [3.05, 3.63) is 0 Å². The highest BCUT2D eigenvalue weighted by Gasteiger charge is 2.68. The monoisotopic (exact) mass is 379 g/mol. The van der Waals surface area contributed by atoms with Crippen molar-refractivity contribution in [1.82, 2.24) is 0 Å². The minimum absolute atomic E-state index is 0.00253. The van der Waals surface area contributed by atoms with Crippen molar-refractivity contribution in [1.29, 1.82) is 0 Å². The van der Waals surface area contributed by atoms with Crippen LogP contribution in [0.3, 0.4) is 0 Å². The van der Waals surface area contributed by atoms with E-state index in [1.165, 1.54) is 6.42 Å². The summed E-state index contributed by atoms with van der Waals surface area (Å²) in [6.07, 6.45) is -1.42. The van der Waals surface area contributed by atoms with Crippen LogP contribution in [0.15, 0.2) is 0 Å². The van der Waals surface area contributed by atoms with E-state index in [0.717, 1.165) is 18.8 Å². The molecule has 3 unspecified atom stereocenters. The first-order valence-electron chi connectivity index (χ1n) is 9.08. The van der Waals surface area contributed by atoms with Gasteiger partial charge < -0.3 is 20.1 Å². The number of alkyl halides is 3. The number of carboxylic acids is 1. The molecule has 3 saturated carbocycles. The highest BCUT2D eigenvalue weighted by atomic mass is 19.4. The first-order valence-corrected chi connectivity index (χ1v) is 9.08. The first-order chi connectivity index (χ1) is 11.7. The molecule has 5 nitrogen and oxygen atoms in total. The third-order valence-electron chi connectivity index (χ3n) is 6.30. The van der Waals surface area contributed by atoms with Gasteiger partial charge in [0.1, 0.15) is 0 Å². The smallest absolute Gasteiger partial charge is 0.475 e. The molecule has 9 heteroatoms. The molecule has 0 spiro atoms. The number of nitrogens with two attached hydrogens (primary N) is 1. The fraction of sp³-hybridized carbons (Fsp3) is 0.941. The SMILES string of the molecule is CC(C)C[C@H](N)B1OC2CC3CC(C3(C)C)[C@]2(C)O1.O=C(O)C(F)(F)F. The zero-order valence-corrected chi connectivity index (χ0v) is 16.0. The number of hydrogen-bond donors (Lipinski definition) is 2. The number of halogens is 3. The highest BCUT2D eigenvalue weighted by Crippen LogP contribution is 2.65. The van der Waals surface area contributed by atoms with Crippen LogP contribution in [0, 0.1) is 23.2 Å². The van der Waals surface area contributed by atoms with Crippen LogP contribution in [0.5, 0.6) is 0 Å². The van der Waals surface area contributed by atoms with Gasteiger partial charge in [0, 0.05) is 5.94 Å². The minimum Gasteiger partial charge on any atom is -0.475 e. The molecule has 26 heavy (non-hydrogen) atoms. The summed E-state index contributed by atoms with van der Waals surface area (Å²) in [7, 11) is -0.201. The van der Waals surface area contributed by atoms with Crippen LogP contribution in [-0.2, 0) is 14.1 Å². The Kier molecular flexibility index (Phi) is 5.77. The van der Waals surface area contributed by atoms with Crippen molar-refractivity contribution in [2.24, 2.45) is 28.9 Å². The van der Waals surface area contributed by atoms with Crippen molar-refractivity contribution in [3.63, 3.8) is 0 Å². The normalized spacial score (nSPS) is 35.9. The van der Waals surface area contributed by atoms with Crippen LogP contribution in [0.4, 0.5) is 13.2 Å². The summed E-state index contributed by atoms with van der Waals surface area (Å²) in [6, 6.07) is 0. The highest BCUT2D eigenvalue weighted by molar-refractivity contribution is 6.47. The lowest BCUT2D eigenvalue weighted by molar-refractivity contribution is -0.199. The maximum absolute atomic E-state index is 10.6. The first kappa shape index (κ1) is 21.5. The number of carbonyl (C=O) groups is 1. The molecule has 4 fully saturated rings. The molecule has 4 aliphatic rings. The summed E-state index contributed by atoms with van der Waals surface area (Å²) < 4.78 is 44.3. The Morgan fingerprint density at radius 3 is 2.27 bits per heavy atom. The largest absolute Gasteiger partial charge is 0.490 e. The molecule has 5 atom stereocenters. The van der Waals surface area contributed by atoms with E-state index in [1.54, 1.807) is 0 Å². The Bertz CT molecular complexity index is 543. The van der Waals surface area contributed by atoms with Crippen molar-refractivity contribution < 1.29 is 32.4 Å². The average molecular weight is 379 g/mol. The Hall–Kier alpha value is -0.795. The van der Waals surface area contributed by atoms with Crippen LogP contribution >= 0.6 is 0 Å². The summed E-state index contributed by atoms with van der Waals surface area (Å²) in [6.45, 7) is 11.4. The van der Waals surface area contributed by atoms with Crippen LogP contribution in [0.1, 0.15) is 53.9 Å². The second kappa shape index (κ2) is 6.98. The van der Waals surface area contributed by atoms with Crippen LogP contribution in [0.25, 0.3) is 0 Å². The summed E-state index contributed by atoms with van der Waals surface area (Å²) in [4.78, 5) is 8.90. The van der Waals surface area contributed by atoms with Gasteiger partial charge in [-0.1, -0.05) is 27.7 Å². The molecule has 0 aromatic heterocycles. The van der Waals surface area contributed by atoms with E-state index in [9.17, 15) is 13.2 Å². The van der Waals surface area contributed by atoms with Gasteiger partial charge in [0.15, 0.2) is 0 Å². The Balaban J connectivity index is 0.000000298. The average Bonchev–Trinajstić information content (AvgIpc) is 2.83. The maximum atomic E-state index is 10.6. The van der Waals surface area contributed by atoms with Gasteiger partial charge in [-0.05, 0) is 49.4 Å². The maximum Gasteiger partial charge on any atom is 0.490 e. The number of carboxylic acid groups (broad SMARTS) is 1. The molecular weight excluding hydrogens is 350 g/mol. The number of hydrogen-bond acceptors (Lipinski definition) is 4. The molecule has 0 aromatic rings. The third-order valence-corrected chi connectivity index (χ3v) is 6.30. The van der Waals surface area contributed by atoms with E-state index < -0.39 is 12.1 Å². The molecule has 0 aromatic carbocycles. The fourth-order valence-electron chi connectivity index (χ4n) is 4.74. The van der Waals surface area contributed by atoms with Gasteiger partial charge in [-0.2, -0.15) is 13.2 Å². The van der Waals surface area contributed by atoms with Crippen molar-refractivity contribution in [2.45, 2.75) is 77.7 Å². The standard InChI is InChI=1S/C15H28BNO2.C2HF3O2/c1-9(2)6-13(17)16-18-12-8-10-7-11(14(10,3)4)15(12,5)19-16;3-2(4,5)1(6)7/h9-13H,6-8,17H2,1-5H3;(H,6,7)/t10?,11?,12?,13-,15-;/m0./s1. The fourth-order valence-corrected chi connectivity index (χ4v) is 4.74. The van der Waals surface area contributed by atoms with E-state index in [-0.39, 0.29) is 24.8 Å². The molecule has 1 heterocycles. The topological polar surface area (TPSA) is 81.8 Å². The molecular formula is C17H29BF3NO4. The molecule has 2 bridgehead atoms. The summed E-state index contributed by atoms with van der Waals surface area (Å²) in [5, 5.41) is 7.12. The van der Waals surface area contributed by atoms with Crippen LogP contribution < -0.4 is 5.73 Å². The van der Waals surface area contributed by atoms with Crippen LogP contribution in [0.2, 0.25) is 0 Å². The van der Waals surface area contributed by atoms with E-state index in [0.29, 0.717) is 17.3 Å². The molecule has 150 valence electrons. The van der Waals surface area contributed by atoms with Gasteiger partial charge in [-0.25, -0.2) is 4.79 Å². The van der Waals surface area contributed by atoms with E-state index in [2.05, 4.69) is 34.6 Å². The van der Waals surface area contributed by atoms with E-state index >= 15 is 0 Å². The van der Waals surface area contributed by atoms with Gasteiger partial charge >= 0.3 is 19.3 Å². The molecule has 1 saturated heterocycles. The van der Waals surface area contributed by atoms with Gasteiger partial charge in [0.25, 0.3) is 0 Å². The van der Waals surface area contributed by atoms with Gasteiger partial charge in [-0.3, -0.25) is 0 Å². The Labute approximate surface area is 152 Å². The Morgan fingerprint density at radius 1 is 1.31 bits per heavy atom. The Morgan fingerprint density at radius 2 is 1.85 bits per heavy atom. The van der Waals surface area contributed by atoms with Crippen molar-refractivity contribution in [3.8, 4) is 0 Å². The second-order valence-corrected chi connectivity index (χ2v) is 8.93. The number of aliphatic carboxylic acids is 1. The molecule has 0 amide bonds. The predicted molar refractivity (Wildman–Crippen MR) is 91.2 cm³/mol. The lowest BCUT2D eigenvalue weighted by Gasteiger charge is -2.64. The molecule has 3 aliphatic carbocycles. The zero-order chi connectivity index (χ0) is 20.1. The predicted octanol–water partition coefficient (Wildman–Crippen LogP) is 3.26. The summed E-state index contributed by atoms with van der Waals surface area (Å²) in [5.74, 6) is -0.739. The quantitative estimate of drug-likeness (QED) is 0.736. The van der Waals surface area contributed by atoms with Crippen molar-refractivity contribution in [2.75, 3.05) is 0 Å².